The van der Waals surface area contributed by atoms with Gasteiger partial charge in [-0.15, -0.1) is 0 Å². The quantitative estimate of drug-likeness (QED) is 0.582. The number of carbonyl (C=O) groups is 1. The Morgan fingerprint density at radius 2 is 1.75 bits per heavy atom. The molecule has 0 heterocycles. The number of nitrogens with one attached hydrogen (secondary N) is 1. The number of aryl methyl sites for hydroxylation is 1. The van der Waals surface area contributed by atoms with Crippen molar-refractivity contribution in [3.05, 3.63) is 58.2 Å². The van der Waals surface area contributed by atoms with Gasteiger partial charge in [0, 0.05) is 25.7 Å². The molecule has 0 aromatic heterocycles. The third kappa shape index (κ3) is 4.35. The second-order valence-corrected chi connectivity index (χ2v) is 6.31. The molecule has 0 aliphatic heterocycles. The average Bonchev–Trinajstić information content (AvgIpc) is 2.59. The Hall–Kier alpha value is -2.84. The first-order chi connectivity index (χ1) is 13.0. The van der Waals surface area contributed by atoms with E-state index in [0.717, 1.165) is 5.56 Å². The lowest BCUT2D eigenvalue weighted by molar-refractivity contribution is -0.142. The third-order valence-corrected chi connectivity index (χ3v) is 4.42. The van der Waals surface area contributed by atoms with Crippen molar-refractivity contribution in [2.45, 2.75) is 26.6 Å². The molecule has 0 bridgehead atoms. The van der Waals surface area contributed by atoms with Crippen LogP contribution in [0, 0.1) is 18.6 Å². The van der Waals surface area contributed by atoms with Crippen molar-refractivity contribution in [1.29, 1.82) is 0 Å². The van der Waals surface area contributed by atoms with E-state index in [1.54, 1.807) is 12.1 Å². The minimum atomic E-state index is -5.19. The summed E-state index contributed by atoms with van der Waals surface area (Å²) in [6.07, 6.45) is -5.19. The maximum Gasteiger partial charge on any atom is 0.422 e. The van der Waals surface area contributed by atoms with Crippen molar-refractivity contribution >= 4 is 17.3 Å². The zero-order valence-corrected chi connectivity index (χ0v) is 15.5. The molecule has 0 spiro atoms. The Morgan fingerprint density at radius 1 is 1.18 bits per heavy atom. The highest BCUT2D eigenvalue weighted by atomic mass is 19.4. The van der Waals surface area contributed by atoms with Crippen LogP contribution >= 0.6 is 0 Å². The zero-order valence-electron chi connectivity index (χ0n) is 15.5. The molecule has 4 nitrogen and oxygen atoms in total. The van der Waals surface area contributed by atoms with E-state index in [0.29, 0.717) is 35.6 Å². The summed E-state index contributed by atoms with van der Waals surface area (Å²) in [5, 5.41) is 2.48. The van der Waals surface area contributed by atoms with Gasteiger partial charge < -0.3 is 16.0 Å². The van der Waals surface area contributed by atoms with Crippen molar-refractivity contribution < 1.29 is 26.7 Å². The average molecular weight is 401 g/mol. The lowest BCUT2D eigenvalue weighted by atomic mass is 10.0. The number of hydrogen-bond acceptors (Lipinski definition) is 3. The summed E-state index contributed by atoms with van der Waals surface area (Å²) in [7, 11) is 1.82. The molecule has 1 amide bonds. The van der Waals surface area contributed by atoms with Crippen molar-refractivity contribution in [3.8, 4) is 0 Å². The van der Waals surface area contributed by atoms with E-state index in [1.165, 1.54) is 0 Å². The van der Waals surface area contributed by atoms with Crippen LogP contribution in [0.15, 0.2) is 24.3 Å². The maximum absolute atomic E-state index is 13.7. The lowest BCUT2D eigenvalue weighted by Crippen LogP contribution is -2.27. The summed E-state index contributed by atoms with van der Waals surface area (Å²) in [4.78, 5) is 14.1. The normalized spacial score (nSPS) is 11.4. The minimum Gasteiger partial charge on any atom is -0.397 e. The number of alkyl halides is 3. The fourth-order valence-electron chi connectivity index (χ4n) is 2.83. The Bertz CT molecular complexity index is 873. The first-order valence-electron chi connectivity index (χ1n) is 8.40. The van der Waals surface area contributed by atoms with Crippen molar-refractivity contribution in [2.24, 2.45) is 0 Å². The zero-order chi connectivity index (χ0) is 21.2. The van der Waals surface area contributed by atoms with Gasteiger partial charge in [-0.1, -0.05) is 6.07 Å². The van der Waals surface area contributed by atoms with Gasteiger partial charge in [-0.3, -0.25) is 4.79 Å². The smallest absolute Gasteiger partial charge is 0.397 e. The van der Waals surface area contributed by atoms with Gasteiger partial charge in [0.05, 0.1) is 11.4 Å². The molecule has 0 aliphatic carbocycles. The highest BCUT2D eigenvalue weighted by Gasteiger charge is 2.38. The van der Waals surface area contributed by atoms with E-state index in [2.05, 4.69) is 5.32 Å². The van der Waals surface area contributed by atoms with Gasteiger partial charge in [-0.05, 0) is 43.2 Å². The maximum atomic E-state index is 13.7. The number of nitrogens with two attached hydrogens (primary N) is 1. The molecule has 0 aliphatic rings. The number of rotatable bonds is 5. The van der Waals surface area contributed by atoms with Gasteiger partial charge >= 0.3 is 6.18 Å². The Balaban J connectivity index is 2.30. The Morgan fingerprint density at radius 3 is 2.25 bits per heavy atom. The summed E-state index contributed by atoms with van der Waals surface area (Å²) in [6.45, 7) is 4.35. The molecular formula is C19H20F5N3O. The molecule has 0 unspecified atom stereocenters. The molecule has 2 aromatic carbocycles. The van der Waals surface area contributed by atoms with Gasteiger partial charge in [0.1, 0.15) is 17.2 Å². The summed E-state index contributed by atoms with van der Waals surface area (Å²) in [5.74, 6) is -4.59. The molecule has 9 heteroatoms. The number of amides is 1. The van der Waals surface area contributed by atoms with Crippen LogP contribution in [0.1, 0.15) is 34.0 Å². The molecule has 28 heavy (non-hydrogen) atoms. The molecule has 2 aromatic rings. The number of carbonyl (C=O) groups excluding carboxylic acids is 1. The molecule has 0 atom stereocenters. The monoisotopic (exact) mass is 401 g/mol. The van der Waals surface area contributed by atoms with Crippen LogP contribution in [0.4, 0.5) is 33.3 Å². The molecule has 0 radical (unpaired) electrons. The largest absolute Gasteiger partial charge is 0.422 e. The third-order valence-electron chi connectivity index (χ3n) is 4.42. The van der Waals surface area contributed by atoms with E-state index in [-0.39, 0.29) is 6.54 Å². The molecule has 2 rings (SSSR count). The van der Waals surface area contributed by atoms with E-state index in [1.807, 2.05) is 25.8 Å². The highest BCUT2D eigenvalue weighted by molar-refractivity contribution is 5.94. The molecule has 0 saturated heterocycles. The Kier molecular flexibility index (Phi) is 6.16. The topological polar surface area (TPSA) is 58.4 Å². The summed E-state index contributed by atoms with van der Waals surface area (Å²) < 4.78 is 65.4. The second-order valence-electron chi connectivity index (χ2n) is 6.31. The van der Waals surface area contributed by atoms with Crippen molar-refractivity contribution in [1.82, 2.24) is 5.32 Å². The van der Waals surface area contributed by atoms with Crippen LogP contribution in [0.25, 0.3) is 0 Å². The van der Waals surface area contributed by atoms with E-state index >= 15 is 0 Å². The van der Waals surface area contributed by atoms with Crippen molar-refractivity contribution in [2.75, 3.05) is 24.2 Å². The lowest BCUT2D eigenvalue weighted by Gasteiger charge is -2.24. The number of halogens is 5. The van der Waals surface area contributed by atoms with Gasteiger partial charge in [-0.25, -0.2) is 8.78 Å². The molecule has 3 N–H and O–H groups in total. The fraction of sp³-hybridized carbons (Fsp3) is 0.316. The molecule has 0 saturated carbocycles. The first-order valence-corrected chi connectivity index (χ1v) is 8.40. The van der Waals surface area contributed by atoms with Crippen LogP contribution in [0.2, 0.25) is 0 Å². The summed E-state index contributed by atoms with van der Waals surface area (Å²) >= 11 is 0. The van der Waals surface area contributed by atoms with E-state index in [4.69, 9.17) is 5.73 Å². The minimum absolute atomic E-state index is 0.0142. The summed E-state index contributed by atoms with van der Waals surface area (Å²) in [5.41, 5.74) is 6.17. The molecular weight excluding hydrogens is 381 g/mol. The number of nitrogen functional groups attached to an aromatic ring is 1. The first kappa shape index (κ1) is 21.5. The van der Waals surface area contributed by atoms with Gasteiger partial charge in [0.2, 0.25) is 0 Å². The van der Waals surface area contributed by atoms with Crippen LogP contribution in [0.3, 0.4) is 0 Å². The predicted octanol–water partition coefficient (Wildman–Crippen LogP) is 4.26. The molecule has 152 valence electrons. The van der Waals surface area contributed by atoms with E-state index in [9.17, 15) is 26.7 Å². The predicted molar refractivity (Wildman–Crippen MR) is 97.1 cm³/mol. The van der Waals surface area contributed by atoms with Gasteiger partial charge in [0.25, 0.3) is 5.91 Å². The van der Waals surface area contributed by atoms with Gasteiger partial charge in [0.15, 0.2) is 0 Å². The number of benzene rings is 2. The fourth-order valence-corrected chi connectivity index (χ4v) is 2.83. The second kappa shape index (κ2) is 8.04. The van der Waals surface area contributed by atoms with Crippen LogP contribution in [-0.4, -0.2) is 19.5 Å². The van der Waals surface area contributed by atoms with Crippen LogP contribution in [0.5, 0.6) is 0 Å². The Labute approximate surface area is 159 Å². The summed E-state index contributed by atoms with van der Waals surface area (Å²) in [6, 6.07) is 4.23. The number of nitrogens with zero attached hydrogens (tertiary/aromatic N) is 1. The number of hydrogen-bond donors (Lipinski definition) is 2. The van der Waals surface area contributed by atoms with Crippen LogP contribution < -0.4 is 16.0 Å². The standard InChI is InChI=1S/C19H20F5N3O/c1-4-27(3)17-12(10(2)5-6-15(17)25)9-26-18(28)11-7-13(20)16(14(21)8-11)19(22,23)24/h5-8H,4,9,25H2,1-3H3,(H,26,28). The molecule has 0 fully saturated rings. The van der Waals surface area contributed by atoms with Crippen molar-refractivity contribution in [3.63, 3.8) is 0 Å². The van der Waals surface area contributed by atoms with Crippen LogP contribution in [-0.2, 0) is 12.7 Å². The SMILES string of the molecule is CCN(C)c1c(N)ccc(C)c1CNC(=O)c1cc(F)c(C(F)(F)F)c(F)c1. The van der Waals surface area contributed by atoms with Gasteiger partial charge in [-0.2, -0.15) is 13.2 Å². The number of anilines is 2. The van der Waals surface area contributed by atoms with E-state index < -0.39 is 34.8 Å². The highest BCUT2D eigenvalue weighted by Crippen LogP contribution is 2.34.